The smallest absolute Gasteiger partial charge is 0.263 e. The van der Waals surface area contributed by atoms with E-state index in [9.17, 15) is 8.42 Å². The maximum absolute atomic E-state index is 12.3. The van der Waals surface area contributed by atoms with Gasteiger partial charge in [-0.2, -0.15) is 0 Å². The lowest BCUT2D eigenvalue weighted by atomic mass is 10.2. The molecule has 0 aliphatic heterocycles. The van der Waals surface area contributed by atoms with Crippen molar-refractivity contribution in [3.63, 3.8) is 0 Å². The summed E-state index contributed by atoms with van der Waals surface area (Å²) in [4.78, 5) is 4.11. The molecule has 0 radical (unpaired) electrons. The Morgan fingerprint density at radius 2 is 2.05 bits per heavy atom. The third-order valence-electron chi connectivity index (χ3n) is 2.65. The Bertz CT molecular complexity index is 807. The van der Waals surface area contributed by atoms with E-state index in [1.165, 1.54) is 24.4 Å². The van der Waals surface area contributed by atoms with Gasteiger partial charge < -0.3 is 5.73 Å². The van der Waals surface area contributed by atoms with E-state index in [1.54, 1.807) is 19.1 Å². The number of rotatable bonds is 4. The van der Waals surface area contributed by atoms with Gasteiger partial charge in [-0.3, -0.25) is 9.71 Å². The van der Waals surface area contributed by atoms with Crippen molar-refractivity contribution in [1.29, 1.82) is 0 Å². The first-order chi connectivity index (χ1) is 9.79. The molecule has 1 heterocycles. The van der Waals surface area contributed by atoms with Gasteiger partial charge in [-0.05, 0) is 31.2 Å². The number of aromatic nitrogens is 1. The minimum Gasteiger partial charge on any atom is -0.389 e. The highest BCUT2D eigenvalue weighted by Crippen LogP contribution is 2.25. The molecule has 0 saturated carbocycles. The van der Waals surface area contributed by atoms with Gasteiger partial charge in [0.2, 0.25) is 0 Å². The van der Waals surface area contributed by atoms with Crippen molar-refractivity contribution in [2.24, 2.45) is 5.73 Å². The second-order valence-corrected chi connectivity index (χ2v) is 6.80. The summed E-state index contributed by atoms with van der Waals surface area (Å²) >= 11 is 10.8. The zero-order valence-corrected chi connectivity index (χ0v) is 13.4. The van der Waals surface area contributed by atoms with Gasteiger partial charge in [0.25, 0.3) is 10.0 Å². The Morgan fingerprint density at radius 1 is 1.33 bits per heavy atom. The van der Waals surface area contributed by atoms with E-state index in [4.69, 9.17) is 29.6 Å². The number of nitrogens with one attached hydrogen (secondary N) is 1. The molecule has 8 heteroatoms. The molecule has 0 atom stereocenters. The number of nitrogens with zero attached hydrogens (tertiary/aromatic N) is 1. The van der Waals surface area contributed by atoms with E-state index >= 15 is 0 Å². The van der Waals surface area contributed by atoms with Crippen LogP contribution in [-0.2, 0) is 10.0 Å². The third-order valence-corrected chi connectivity index (χ3v) is 4.75. The normalized spacial score (nSPS) is 11.1. The van der Waals surface area contributed by atoms with Crippen LogP contribution in [-0.4, -0.2) is 18.4 Å². The number of aryl methyl sites for hydroxylation is 1. The van der Waals surface area contributed by atoms with Crippen LogP contribution >= 0.6 is 23.8 Å². The molecule has 0 fully saturated rings. The largest absolute Gasteiger partial charge is 0.389 e. The SMILES string of the molecule is Cc1cc(NS(=O)(=O)c2ccc(C(N)=S)cc2Cl)ccn1. The number of halogens is 1. The molecule has 3 N–H and O–H groups in total. The standard InChI is InChI=1S/C13H12ClN3O2S2/c1-8-6-10(4-5-16-8)17-21(18,19)12-3-2-9(13(15)20)7-11(12)14/h2-7H,1H3,(H2,15,20)(H,16,17). The van der Waals surface area contributed by atoms with E-state index in [-0.39, 0.29) is 14.9 Å². The van der Waals surface area contributed by atoms with Gasteiger partial charge in [-0.25, -0.2) is 8.42 Å². The fourth-order valence-corrected chi connectivity index (χ4v) is 3.41. The minimum absolute atomic E-state index is 0.0429. The van der Waals surface area contributed by atoms with Crippen LogP contribution in [0.5, 0.6) is 0 Å². The van der Waals surface area contributed by atoms with E-state index in [0.717, 1.165) is 0 Å². The van der Waals surface area contributed by atoms with Crippen LogP contribution < -0.4 is 10.5 Å². The van der Waals surface area contributed by atoms with Gasteiger partial charge in [-0.15, -0.1) is 0 Å². The quantitative estimate of drug-likeness (QED) is 0.834. The van der Waals surface area contributed by atoms with Gasteiger partial charge >= 0.3 is 0 Å². The van der Waals surface area contributed by atoms with Crippen molar-refractivity contribution in [3.8, 4) is 0 Å². The lowest BCUT2D eigenvalue weighted by molar-refractivity contribution is 0.601. The van der Waals surface area contributed by atoms with E-state index < -0.39 is 10.0 Å². The van der Waals surface area contributed by atoms with Crippen LogP contribution in [0.1, 0.15) is 11.3 Å². The molecule has 1 aromatic carbocycles. The summed E-state index contributed by atoms with van der Waals surface area (Å²) in [5.74, 6) is 0. The van der Waals surface area contributed by atoms with Crippen molar-refractivity contribution in [2.45, 2.75) is 11.8 Å². The van der Waals surface area contributed by atoms with Crippen LogP contribution in [0.2, 0.25) is 5.02 Å². The molecule has 0 unspecified atom stereocenters. The van der Waals surface area contributed by atoms with Crippen LogP contribution in [0.3, 0.4) is 0 Å². The summed E-state index contributed by atoms with van der Waals surface area (Å²) in [5.41, 5.74) is 7.10. The molecular formula is C13H12ClN3O2S2. The highest BCUT2D eigenvalue weighted by molar-refractivity contribution is 7.92. The molecule has 0 saturated heterocycles. The zero-order valence-electron chi connectivity index (χ0n) is 11.0. The van der Waals surface area contributed by atoms with Crippen molar-refractivity contribution < 1.29 is 8.42 Å². The van der Waals surface area contributed by atoms with Gasteiger partial charge in [0.15, 0.2) is 0 Å². The summed E-state index contributed by atoms with van der Waals surface area (Å²) in [6.45, 7) is 1.77. The van der Waals surface area contributed by atoms with Crippen LogP contribution in [0.4, 0.5) is 5.69 Å². The summed E-state index contributed by atoms with van der Waals surface area (Å²) in [7, 11) is -3.80. The summed E-state index contributed by atoms with van der Waals surface area (Å²) < 4.78 is 27.1. The third kappa shape index (κ3) is 3.69. The highest BCUT2D eigenvalue weighted by atomic mass is 35.5. The minimum atomic E-state index is -3.80. The average Bonchev–Trinajstić information content (AvgIpc) is 2.37. The topological polar surface area (TPSA) is 85.1 Å². The number of benzene rings is 1. The van der Waals surface area contributed by atoms with Crippen molar-refractivity contribution in [2.75, 3.05) is 4.72 Å². The molecule has 0 amide bonds. The van der Waals surface area contributed by atoms with Gasteiger partial charge in [0.05, 0.1) is 10.7 Å². The van der Waals surface area contributed by atoms with E-state index in [2.05, 4.69) is 9.71 Å². The second-order valence-electron chi connectivity index (χ2n) is 4.30. The molecule has 21 heavy (non-hydrogen) atoms. The van der Waals surface area contributed by atoms with Gasteiger partial charge in [0.1, 0.15) is 9.88 Å². The molecule has 0 spiro atoms. The van der Waals surface area contributed by atoms with Gasteiger partial charge in [-0.1, -0.05) is 29.9 Å². The number of pyridine rings is 1. The number of hydrogen-bond donors (Lipinski definition) is 2. The van der Waals surface area contributed by atoms with Crippen LogP contribution in [0, 0.1) is 6.92 Å². The monoisotopic (exact) mass is 341 g/mol. The molecule has 110 valence electrons. The Hall–Kier alpha value is -1.70. The number of thiocarbonyl (C=S) groups is 1. The first-order valence-electron chi connectivity index (χ1n) is 5.84. The van der Waals surface area contributed by atoms with Crippen molar-refractivity contribution in [3.05, 3.63) is 52.8 Å². The Labute approximate surface area is 133 Å². The number of nitrogens with two attached hydrogens (primary N) is 1. The van der Waals surface area contributed by atoms with Gasteiger partial charge in [0, 0.05) is 17.5 Å². The summed E-state index contributed by atoms with van der Waals surface area (Å²) in [6, 6.07) is 7.49. The molecular weight excluding hydrogens is 330 g/mol. The highest BCUT2D eigenvalue weighted by Gasteiger charge is 2.18. The lowest BCUT2D eigenvalue weighted by Gasteiger charge is -2.10. The molecule has 1 aromatic heterocycles. The lowest BCUT2D eigenvalue weighted by Crippen LogP contribution is -2.15. The fraction of sp³-hybridized carbons (Fsp3) is 0.0769. The molecule has 0 bridgehead atoms. The van der Waals surface area contributed by atoms with Crippen LogP contribution in [0.25, 0.3) is 0 Å². The maximum atomic E-state index is 12.3. The molecule has 5 nitrogen and oxygen atoms in total. The Morgan fingerprint density at radius 3 is 2.62 bits per heavy atom. The number of sulfonamides is 1. The van der Waals surface area contributed by atoms with Crippen LogP contribution in [0.15, 0.2) is 41.4 Å². The first kappa shape index (κ1) is 15.7. The average molecular weight is 342 g/mol. The summed E-state index contributed by atoms with van der Waals surface area (Å²) in [6.07, 6.45) is 1.52. The molecule has 0 aliphatic carbocycles. The zero-order chi connectivity index (χ0) is 15.6. The maximum Gasteiger partial charge on any atom is 0.263 e. The summed E-state index contributed by atoms with van der Waals surface area (Å²) in [5, 5.41) is 0.0542. The van der Waals surface area contributed by atoms with Crippen molar-refractivity contribution in [1.82, 2.24) is 4.98 Å². The first-order valence-corrected chi connectivity index (χ1v) is 8.11. The van der Waals surface area contributed by atoms with E-state index in [0.29, 0.717) is 16.9 Å². The predicted octanol–water partition coefficient (Wildman–Crippen LogP) is 2.48. The fourth-order valence-electron chi connectivity index (χ4n) is 1.69. The Kier molecular flexibility index (Phi) is 4.46. The second kappa shape index (κ2) is 5.97. The Balaban J connectivity index is 2.38. The van der Waals surface area contributed by atoms with Crippen molar-refractivity contribution >= 4 is 44.5 Å². The predicted molar refractivity (Wildman–Crippen MR) is 87.1 cm³/mol. The molecule has 2 aromatic rings. The molecule has 0 aliphatic rings. The number of hydrogen-bond acceptors (Lipinski definition) is 4. The van der Waals surface area contributed by atoms with E-state index in [1.807, 2.05) is 0 Å². The number of anilines is 1. The molecule has 2 rings (SSSR count).